The molecule has 0 saturated heterocycles. The first-order chi connectivity index (χ1) is 10.9. The van der Waals surface area contributed by atoms with Gasteiger partial charge in [0.05, 0.1) is 0 Å². The van der Waals surface area contributed by atoms with E-state index in [4.69, 9.17) is 4.74 Å². The predicted octanol–water partition coefficient (Wildman–Crippen LogP) is 1.52. The Morgan fingerprint density at radius 1 is 1.13 bits per heavy atom. The van der Waals surface area contributed by atoms with Gasteiger partial charge in [-0.05, 0) is 31.2 Å². The van der Waals surface area contributed by atoms with Crippen LogP contribution in [0, 0.1) is 12.7 Å². The van der Waals surface area contributed by atoms with E-state index >= 15 is 0 Å². The number of rotatable bonds is 6. The lowest BCUT2D eigenvalue weighted by atomic mass is 10.2. The highest BCUT2D eigenvalue weighted by molar-refractivity contribution is 7.89. The Kier molecular flexibility index (Phi) is 5.30. The van der Waals surface area contributed by atoms with Gasteiger partial charge >= 0.3 is 0 Å². The molecule has 2 aromatic carbocycles. The second-order valence-electron chi connectivity index (χ2n) is 4.69. The van der Waals surface area contributed by atoms with Crippen LogP contribution in [0.1, 0.15) is 5.56 Å². The van der Waals surface area contributed by atoms with Gasteiger partial charge in [-0.2, -0.15) is 0 Å². The molecule has 2 aromatic rings. The average molecular weight is 338 g/mol. The number of hydrazine groups is 1. The van der Waals surface area contributed by atoms with E-state index in [1.807, 2.05) is 29.3 Å². The summed E-state index contributed by atoms with van der Waals surface area (Å²) in [6.45, 7) is 1.52. The van der Waals surface area contributed by atoms with Gasteiger partial charge in [0.1, 0.15) is 16.5 Å². The molecule has 1 amide bonds. The second-order valence-corrected chi connectivity index (χ2v) is 6.34. The van der Waals surface area contributed by atoms with E-state index < -0.39 is 26.6 Å². The number of hydrogen-bond donors (Lipinski definition) is 2. The molecule has 0 aliphatic carbocycles. The molecule has 0 radical (unpaired) electrons. The van der Waals surface area contributed by atoms with E-state index in [1.165, 1.54) is 12.1 Å². The Morgan fingerprint density at radius 2 is 1.78 bits per heavy atom. The van der Waals surface area contributed by atoms with E-state index in [2.05, 4.69) is 0 Å². The lowest BCUT2D eigenvalue weighted by Gasteiger charge is -2.10. The van der Waals surface area contributed by atoms with Crippen molar-refractivity contribution in [3.63, 3.8) is 0 Å². The van der Waals surface area contributed by atoms with E-state index in [0.29, 0.717) is 5.75 Å². The molecule has 0 aliphatic heterocycles. The lowest BCUT2D eigenvalue weighted by Crippen LogP contribution is -2.43. The topological polar surface area (TPSA) is 84.5 Å². The first-order valence-electron chi connectivity index (χ1n) is 6.63. The zero-order chi connectivity index (χ0) is 16.9. The Balaban J connectivity index is 1.89. The summed E-state index contributed by atoms with van der Waals surface area (Å²) in [6.07, 6.45) is 0. The summed E-state index contributed by atoms with van der Waals surface area (Å²) in [7, 11) is -4.19. The number of nitrogens with one attached hydrogen (secondary N) is 2. The number of aryl methyl sites for hydroxylation is 1. The third-order valence-corrected chi connectivity index (χ3v) is 4.12. The molecule has 0 fully saturated rings. The van der Waals surface area contributed by atoms with Crippen LogP contribution < -0.4 is 15.0 Å². The number of carbonyl (C=O) groups excluding carboxylic acids is 1. The van der Waals surface area contributed by atoms with Gasteiger partial charge in [0, 0.05) is 0 Å². The van der Waals surface area contributed by atoms with Crippen LogP contribution in [0.4, 0.5) is 4.39 Å². The Morgan fingerprint density at radius 3 is 2.43 bits per heavy atom. The summed E-state index contributed by atoms with van der Waals surface area (Å²) < 4.78 is 42.4. The number of sulfonamides is 1. The molecule has 6 nitrogen and oxygen atoms in total. The van der Waals surface area contributed by atoms with E-state index in [-0.39, 0.29) is 6.61 Å². The quantitative estimate of drug-likeness (QED) is 0.782. The number of benzene rings is 2. The molecular weight excluding hydrogens is 323 g/mol. The van der Waals surface area contributed by atoms with Crippen LogP contribution in [0.3, 0.4) is 0 Å². The Bertz CT molecular complexity index is 791. The monoisotopic (exact) mass is 338 g/mol. The van der Waals surface area contributed by atoms with Gasteiger partial charge in [0.15, 0.2) is 6.61 Å². The van der Waals surface area contributed by atoms with E-state index in [9.17, 15) is 17.6 Å². The van der Waals surface area contributed by atoms with Crippen molar-refractivity contribution in [2.24, 2.45) is 0 Å². The molecular formula is C15H15FN2O4S. The second kappa shape index (κ2) is 7.21. The average Bonchev–Trinajstić information content (AvgIpc) is 2.53. The molecule has 0 aliphatic rings. The highest BCUT2D eigenvalue weighted by Crippen LogP contribution is 2.12. The third-order valence-electron chi connectivity index (χ3n) is 2.84. The zero-order valence-corrected chi connectivity index (χ0v) is 13.1. The number of ether oxygens (including phenoxy) is 1. The summed E-state index contributed by atoms with van der Waals surface area (Å²) in [5.74, 6) is -1.15. The summed E-state index contributed by atoms with van der Waals surface area (Å²) in [5.41, 5.74) is 3.00. The normalized spacial score (nSPS) is 11.0. The Hall–Kier alpha value is -2.45. The number of hydrogen-bond acceptors (Lipinski definition) is 4. The third kappa shape index (κ3) is 4.76. The van der Waals surface area contributed by atoms with Crippen LogP contribution in [-0.2, 0) is 14.8 Å². The number of amides is 1. The number of halogens is 1. The van der Waals surface area contributed by atoms with Crippen molar-refractivity contribution in [1.82, 2.24) is 10.3 Å². The molecule has 122 valence electrons. The molecule has 2 N–H and O–H groups in total. The minimum absolute atomic E-state index is 0.386. The fraction of sp³-hybridized carbons (Fsp3) is 0.133. The first kappa shape index (κ1) is 16.9. The van der Waals surface area contributed by atoms with Gasteiger partial charge < -0.3 is 4.74 Å². The van der Waals surface area contributed by atoms with Crippen molar-refractivity contribution in [2.45, 2.75) is 11.8 Å². The van der Waals surface area contributed by atoms with Crippen LogP contribution >= 0.6 is 0 Å². The summed E-state index contributed by atoms with van der Waals surface area (Å²) in [6, 6.07) is 11.8. The smallest absolute Gasteiger partial charge is 0.272 e. The molecule has 8 heteroatoms. The van der Waals surface area contributed by atoms with Crippen molar-refractivity contribution in [1.29, 1.82) is 0 Å². The maximum atomic E-state index is 13.5. The fourth-order valence-corrected chi connectivity index (χ4v) is 2.60. The van der Waals surface area contributed by atoms with E-state index in [1.54, 1.807) is 12.1 Å². The van der Waals surface area contributed by atoms with Gasteiger partial charge in [0.25, 0.3) is 15.9 Å². The van der Waals surface area contributed by atoms with Crippen LogP contribution in [-0.4, -0.2) is 20.9 Å². The molecule has 0 bridgehead atoms. The van der Waals surface area contributed by atoms with Crippen LogP contribution in [0.2, 0.25) is 0 Å². The van der Waals surface area contributed by atoms with Crippen LogP contribution in [0.25, 0.3) is 0 Å². The SMILES string of the molecule is Cc1ccc(OCC(=O)NNS(=O)(=O)c2ccccc2F)cc1. The van der Waals surface area contributed by atoms with Crippen LogP contribution in [0.5, 0.6) is 5.75 Å². The fourth-order valence-electron chi connectivity index (χ4n) is 1.66. The summed E-state index contributed by atoms with van der Waals surface area (Å²) in [5, 5.41) is 0. The molecule has 0 atom stereocenters. The highest BCUT2D eigenvalue weighted by Gasteiger charge is 2.19. The van der Waals surface area contributed by atoms with Gasteiger partial charge in [0.2, 0.25) is 0 Å². The van der Waals surface area contributed by atoms with Crippen molar-refractivity contribution >= 4 is 15.9 Å². The van der Waals surface area contributed by atoms with E-state index in [0.717, 1.165) is 17.7 Å². The highest BCUT2D eigenvalue weighted by atomic mass is 32.2. The summed E-state index contributed by atoms with van der Waals surface area (Å²) in [4.78, 5) is 12.8. The number of carbonyl (C=O) groups is 1. The minimum Gasteiger partial charge on any atom is -0.484 e. The van der Waals surface area contributed by atoms with Gasteiger partial charge in [-0.25, -0.2) is 12.8 Å². The molecule has 0 aromatic heterocycles. The van der Waals surface area contributed by atoms with Crippen molar-refractivity contribution < 1.29 is 22.3 Å². The molecule has 2 rings (SSSR count). The standard InChI is InChI=1S/C15H15FN2O4S/c1-11-6-8-12(9-7-11)22-10-15(19)17-18-23(20,21)14-5-3-2-4-13(14)16/h2-9,18H,10H2,1H3,(H,17,19). The maximum Gasteiger partial charge on any atom is 0.272 e. The zero-order valence-electron chi connectivity index (χ0n) is 12.2. The maximum absolute atomic E-state index is 13.5. The largest absolute Gasteiger partial charge is 0.484 e. The minimum atomic E-state index is -4.19. The van der Waals surface area contributed by atoms with Gasteiger partial charge in [-0.1, -0.05) is 29.8 Å². The molecule has 0 saturated carbocycles. The Labute approximate surface area is 133 Å². The van der Waals surface area contributed by atoms with Crippen molar-refractivity contribution in [2.75, 3.05) is 6.61 Å². The summed E-state index contributed by atoms with van der Waals surface area (Å²) >= 11 is 0. The molecule has 23 heavy (non-hydrogen) atoms. The first-order valence-corrected chi connectivity index (χ1v) is 8.11. The molecule has 0 heterocycles. The van der Waals surface area contributed by atoms with Crippen molar-refractivity contribution in [3.05, 3.63) is 59.9 Å². The molecule has 0 unspecified atom stereocenters. The van der Waals surface area contributed by atoms with Crippen molar-refractivity contribution in [3.8, 4) is 5.75 Å². The van der Waals surface area contributed by atoms with Gasteiger partial charge in [-0.3, -0.25) is 10.2 Å². The van der Waals surface area contributed by atoms with Crippen LogP contribution in [0.15, 0.2) is 53.4 Å². The predicted molar refractivity (Wildman–Crippen MR) is 81.5 cm³/mol. The lowest BCUT2D eigenvalue weighted by molar-refractivity contribution is -0.123. The molecule has 0 spiro atoms. The van der Waals surface area contributed by atoms with Gasteiger partial charge in [-0.15, -0.1) is 4.83 Å².